The second-order valence-corrected chi connectivity index (χ2v) is 5.23. The van der Waals surface area contributed by atoms with Gasteiger partial charge in [0.2, 0.25) is 6.79 Å². The minimum Gasteiger partial charge on any atom is -0.454 e. The number of nitrogens with zero attached hydrogens (tertiary/aromatic N) is 1. The molecule has 0 amide bonds. The smallest absolute Gasteiger partial charge is 0.231 e. The monoisotopic (exact) mass is 267 g/mol. The van der Waals surface area contributed by atoms with Crippen LogP contribution in [-0.2, 0) is 6.42 Å². The summed E-state index contributed by atoms with van der Waals surface area (Å²) >= 11 is 5.98. The normalized spacial score (nSPS) is 22.6. The molecule has 0 bridgehead atoms. The van der Waals surface area contributed by atoms with Gasteiger partial charge in [-0.05, 0) is 43.5 Å². The Hall–Kier alpha value is -0.930. The second kappa shape index (κ2) is 5.37. The summed E-state index contributed by atoms with van der Waals surface area (Å²) in [4.78, 5) is 2.50. The fraction of sp³-hybridized carbons (Fsp3) is 0.571. The molecule has 1 saturated heterocycles. The first-order valence-electron chi connectivity index (χ1n) is 6.55. The van der Waals surface area contributed by atoms with E-state index in [1.165, 1.54) is 24.9 Å². The van der Waals surface area contributed by atoms with Crippen LogP contribution < -0.4 is 9.47 Å². The molecule has 98 valence electrons. The molecule has 0 radical (unpaired) electrons. The van der Waals surface area contributed by atoms with Gasteiger partial charge >= 0.3 is 0 Å². The fourth-order valence-corrected chi connectivity index (χ4v) is 3.08. The molecule has 0 saturated carbocycles. The highest BCUT2D eigenvalue weighted by molar-refractivity contribution is 6.18. The van der Waals surface area contributed by atoms with Crippen molar-refractivity contribution in [1.29, 1.82) is 0 Å². The lowest BCUT2D eigenvalue weighted by molar-refractivity contribution is 0.174. The maximum absolute atomic E-state index is 5.98. The Labute approximate surface area is 113 Å². The van der Waals surface area contributed by atoms with Gasteiger partial charge in [-0.1, -0.05) is 6.07 Å². The van der Waals surface area contributed by atoms with Crippen molar-refractivity contribution >= 4 is 11.6 Å². The first-order valence-corrected chi connectivity index (χ1v) is 7.09. The van der Waals surface area contributed by atoms with Gasteiger partial charge in [0.05, 0.1) is 0 Å². The average molecular weight is 268 g/mol. The van der Waals surface area contributed by atoms with E-state index in [0.717, 1.165) is 30.3 Å². The van der Waals surface area contributed by atoms with Gasteiger partial charge in [0.15, 0.2) is 11.5 Å². The van der Waals surface area contributed by atoms with E-state index in [1.54, 1.807) is 0 Å². The highest BCUT2D eigenvalue weighted by Gasteiger charge is 2.23. The number of likely N-dealkylation sites (tertiary alicyclic amines) is 1. The van der Waals surface area contributed by atoms with Gasteiger partial charge in [-0.3, -0.25) is 4.90 Å². The van der Waals surface area contributed by atoms with Crippen molar-refractivity contribution in [2.75, 3.05) is 25.8 Å². The minimum absolute atomic E-state index is 0.346. The van der Waals surface area contributed by atoms with Gasteiger partial charge in [-0.25, -0.2) is 0 Å². The largest absolute Gasteiger partial charge is 0.454 e. The molecule has 1 aromatic rings. The zero-order chi connectivity index (χ0) is 12.4. The molecule has 3 rings (SSSR count). The molecule has 0 unspecified atom stereocenters. The summed E-state index contributed by atoms with van der Waals surface area (Å²) in [7, 11) is 0. The number of hydrogen-bond donors (Lipinski definition) is 0. The maximum Gasteiger partial charge on any atom is 0.231 e. The highest BCUT2D eigenvalue weighted by Crippen LogP contribution is 2.32. The lowest BCUT2D eigenvalue weighted by atomic mass is 10.1. The van der Waals surface area contributed by atoms with E-state index in [1.807, 2.05) is 6.07 Å². The third kappa shape index (κ3) is 2.43. The first-order chi connectivity index (χ1) is 8.86. The van der Waals surface area contributed by atoms with Crippen LogP contribution in [0.1, 0.15) is 18.4 Å². The first kappa shape index (κ1) is 12.1. The lowest BCUT2D eigenvalue weighted by Crippen LogP contribution is -2.32. The minimum atomic E-state index is 0.346. The van der Waals surface area contributed by atoms with Gasteiger partial charge in [0, 0.05) is 18.5 Å². The molecule has 3 nitrogen and oxygen atoms in total. The van der Waals surface area contributed by atoms with Crippen LogP contribution in [0.3, 0.4) is 0 Å². The van der Waals surface area contributed by atoms with Gasteiger partial charge < -0.3 is 9.47 Å². The Morgan fingerprint density at radius 2 is 2.17 bits per heavy atom. The Kier molecular flexibility index (Phi) is 3.62. The van der Waals surface area contributed by atoms with E-state index < -0.39 is 0 Å². The molecular weight excluding hydrogens is 250 g/mol. The second-order valence-electron chi connectivity index (χ2n) is 4.92. The van der Waals surface area contributed by atoms with Crippen LogP contribution in [0, 0.1) is 0 Å². The summed E-state index contributed by atoms with van der Waals surface area (Å²) in [6.45, 7) is 2.61. The Morgan fingerprint density at radius 1 is 1.28 bits per heavy atom. The number of fused-ring (bicyclic) bond motifs is 1. The van der Waals surface area contributed by atoms with Gasteiger partial charge in [0.25, 0.3) is 0 Å². The van der Waals surface area contributed by atoms with E-state index in [-0.39, 0.29) is 0 Å². The van der Waals surface area contributed by atoms with Crippen molar-refractivity contribution in [1.82, 2.24) is 4.90 Å². The number of ether oxygens (including phenoxy) is 2. The van der Waals surface area contributed by atoms with Crippen LogP contribution in [0.5, 0.6) is 11.5 Å². The molecule has 0 aliphatic carbocycles. The van der Waals surface area contributed by atoms with Crippen molar-refractivity contribution in [2.45, 2.75) is 25.3 Å². The summed E-state index contributed by atoms with van der Waals surface area (Å²) in [5.41, 5.74) is 1.31. The molecule has 2 heterocycles. The summed E-state index contributed by atoms with van der Waals surface area (Å²) in [6.07, 6.45) is 3.56. The molecule has 2 aliphatic rings. The number of rotatable bonds is 4. The molecule has 1 fully saturated rings. The molecule has 18 heavy (non-hydrogen) atoms. The van der Waals surface area contributed by atoms with E-state index in [4.69, 9.17) is 21.1 Å². The van der Waals surface area contributed by atoms with Crippen LogP contribution in [0.25, 0.3) is 0 Å². The molecule has 0 N–H and O–H groups in total. The van der Waals surface area contributed by atoms with E-state index in [9.17, 15) is 0 Å². The summed E-state index contributed by atoms with van der Waals surface area (Å²) in [6, 6.07) is 6.79. The fourth-order valence-electron chi connectivity index (χ4n) is 2.73. The van der Waals surface area contributed by atoms with Crippen LogP contribution in [0.2, 0.25) is 0 Å². The Bertz CT molecular complexity index is 424. The van der Waals surface area contributed by atoms with Gasteiger partial charge in [0.1, 0.15) is 0 Å². The molecule has 1 atom stereocenters. The number of benzene rings is 1. The predicted molar refractivity (Wildman–Crippen MR) is 71.6 cm³/mol. The zero-order valence-electron chi connectivity index (χ0n) is 10.4. The predicted octanol–water partition coefficient (Wildman–Crippen LogP) is 2.66. The Morgan fingerprint density at radius 3 is 3.06 bits per heavy atom. The van der Waals surface area contributed by atoms with E-state index in [2.05, 4.69) is 17.0 Å². The quantitative estimate of drug-likeness (QED) is 0.783. The standard InChI is InChI=1S/C14H18ClNO2/c15-9-12-2-1-6-16(12)7-5-11-3-4-13-14(8-11)18-10-17-13/h3-4,8,12H,1-2,5-7,9-10H2/t12-/m0/s1. The molecular formula is C14H18ClNO2. The van der Waals surface area contributed by atoms with Gasteiger partial charge in [-0.15, -0.1) is 11.6 Å². The average Bonchev–Trinajstić information content (AvgIpc) is 3.04. The molecule has 0 spiro atoms. The van der Waals surface area contributed by atoms with Crippen molar-refractivity contribution in [3.8, 4) is 11.5 Å². The Balaban J connectivity index is 1.60. The van der Waals surface area contributed by atoms with Gasteiger partial charge in [-0.2, -0.15) is 0 Å². The SMILES string of the molecule is ClC[C@@H]1CCCN1CCc1ccc2c(c1)OCO2. The van der Waals surface area contributed by atoms with Crippen LogP contribution >= 0.6 is 11.6 Å². The number of hydrogen-bond acceptors (Lipinski definition) is 3. The van der Waals surface area contributed by atoms with Crippen LogP contribution in [0.15, 0.2) is 18.2 Å². The summed E-state index contributed by atoms with van der Waals surface area (Å²) in [5.74, 6) is 2.49. The number of halogens is 1. The van der Waals surface area contributed by atoms with Crippen molar-refractivity contribution in [3.63, 3.8) is 0 Å². The molecule has 1 aromatic carbocycles. The van der Waals surface area contributed by atoms with Crippen molar-refractivity contribution in [3.05, 3.63) is 23.8 Å². The molecule has 2 aliphatic heterocycles. The summed E-state index contributed by atoms with van der Waals surface area (Å²) < 4.78 is 10.7. The zero-order valence-corrected chi connectivity index (χ0v) is 11.2. The lowest BCUT2D eigenvalue weighted by Gasteiger charge is -2.22. The van der Waals surface area contributed by atoms with Crippen LogP contribution in [-0.4, -0.2) is 36.7 Å². The highest BCUT2D eigenvalue weighted by atomic mass is 35.5. The van der Waals surface area contributed by atoms with Crippen molar-refractivity contribution in [2.24, 2.45) is 0 Å². The topological polar surface area (TPSA) is 21.7 Å². The molecule has 4 heteroatoms. The van der Waals surface area contributed by atoms with Crippen molar-refractivity contribution < 1.29 is 9.47 Å². The summed E-state index contributed by atoms with van der Waals surface area (Å²) in [5, 5.41) is 0. The number of alkyl halides is 1. The van der Waals surface area contributed by atoms with E-state index >= 15 is 0 Å². The third-order valence-electron chi connectivity index (χ3n) is 3.80. The van der Waals surface area contributed by atoms with Crippen LogP contribution in [0.4, 0.5) is 0 Å². The van der Waals surface area contributed by atoms with E-state index in [0.29, 0.717) is 12.8 Å². The molecule has 0 aromatic heterocycles. The third-order valence-corrected chi connectivity index (χ3v) is 4.16. The maximum atomic E-state index is 5.98.